The quantitative estimate of drug-likeness (QED) is 0.652. The molecule has 0 aromatic rings. The van der Waals surface area contributed by atoms with E-state index in [1.54, 1.807) is 0 Å². The van der Waals surface area contributed by atoms with Crippen molar-refractivity contribution in [3.8, 4) is 0 Å². The highest BCUT2D eigenvalue weighted by Gasteiger charge is 2.58. The molecule has 2 atom stereocenters. The van der Waals surface area contributed by atoms with Crippen LogP contribution in [0.2, 0.25) is 0 Å². The minimum absolute atomic E-state index is 0.623. The summed E-state index contributed by atoms with van der Waals surface area (Å²) in [4.78, 5) is 0. The van der Waals surface area contributed by atoms with Gasteiger partial charge in [0, 0.05) is 26.2 Å². The van der Waals surface area contributed by atoms with Gasteiger partial charge in [0.25, 0.3) is 0 Å². The number of hydrogen-bond donors (Lipinski definition) is 0. The lowest BCUT2D eigenvalue weighted by molar-refractivity contribution is 0.644. The van der Waals surface area contributed by atoms with Crippen LogP contribution >= 0.6 is 35.3 Å². The molecule has 2 rings (SSSR count). The van der Waals surface area contributed by atoms with Crippen LogP contribution in [0.1, 0.15) is 13.8 Å². The van der Waals surface area contributed by atoms with Crippen LogP contribution in [0.4, 0.5) is 0 Å². The van der Waals surface area contributed by atoms with Crippen LogP contribution in [0.15, 0.2) is 0 Å². The van der Waals surface area contributed by atoms with E-state index in [1.165, 1.54) is 11.5 Å². The Balaban J connectivity index is 2.07. The molecule has 2 saturated heterocycles. The van der Waals surface area contributed by atoms with Crippen LogP contribution in [0.25, 0.3) is 0 Å². The first-order valence-corrected chi connectivity index (χ1v) is 7.17. The molecule has 0 saturated carbocycles. The van der Waals surface area contributed by atoms with Gasteiger partial charge in [-0.3, -0.25) is 0 Å². The fraction of sp³-hybridized carbons (Fsp3) is 1.00. The standard InChI is InChI=1S/C8H14S3/c1-7(4-10-7)6(9-3)8(2)5-11-8/h6H,4-5H2,1-3H3. The highest BCUT2D eigenvalue weighted by molar-refractivity contribution is 8.12. The van der Waals surface area contributed by atoms with Crippen LogP contribution < -0.4 is 0 Å². The molecular weight excluding hydrogens is 192 g/mol. The zero-order valence-corrected chi connectivity index (χ0v) is 9.67. The van der Waals surface area contributed by atoms with E-state index >= 15 is 0 Å². The molecule has 2 aliphatic rings. The third kappa shape index (κ3) is 1.44. The van der Waals surface area contributed by atoms with E-state index in [1.807, 2.05) is 0 Å². The summed E-state index contributed by atoms with van der Waals surface area (Å²) >= 11 is 6.34. The van der Waals surface area contributed by atoms with Gasteiger partial charge in [0.1, 0.15) is 0 Å². The van der Waals surface area contributed by atoms with Gasteiger partial charge in [-0.05, 0) is 20.1 Å². The van der Waals surface area contributed by atoms with Crippen molar-refractivity contribution in [3.05, 3.63) is 0 Å². The Hall–Kier alpha value is 1.05. The number of thioether (sulfide) groups is 3. The molecule has 0 spiro atoms. The highest BCUT2D eigenvalue weighted by atomic mass is 32.2. The van der Waals surface area contributed by atoms with E-state index < -0.39 is 0 Å². The second-order valence-corrected chi connectivity index (χ2v) is 7.78. The molecule has 0 amide bonds. The SMILES string of the molecule is CSC(C1(C)CS1)C1(C)CS1. The van der Waals surface area contributed by atoms with Crippen LogP contribution in [0.3, 0.4) is 0 Å². The van der Waals surface area contributed by atoms with Gasteiger partial charge in [-0.25, -0.2) is 0 Å². The first-order chi connectivity index (χ1) is 5.11. The third-order valence-electron chi connectivity index (χ3n) is 2.54. The Morgan fingerprint density at radius 1 is 1.18 bits per heavy atom. The summed E-state index contributed by atoms with van der Waals surface area (Å²) < 4.78 is 1.25. The van der Waals surface area contributed by atoms with Gasteiger partial charge in [-0.2, -0.15) is 35.3 Å². The molecule has 0 N–H and O–H groups in total. The number of hydrogen-bond acceptors (Lipinski definition) is 3. The lowest BCUT2D eigenvalue weighted by atomic mass is 9.99. The van der Waals surface area contributed by atoms with E-state index in [2.05, 4.69) is 55.4 Å². The van der Waals surface area contributed by atoms with Crippen molar-refractivity contribution in [2.75, 3.05) is 17.8 Å². The fourth-order valence-corrected chi connectivity index (χ4v) is 5.72. The average Bonchev–Trinajstić information content (AvgIpc) is 2.78. The molecule has 0 radical (unpaired) electrons. The van der Waals surface area contributed by atoms with Gasteiger partial charge < -0.3 is 0 Å². The molecule has 0 bridgehead atoms. The summed E-state index contributed by atoms with van der Waals surface area (Å²) in [5.74, 6) is 2.77. The maximum absolute atomic E-state index is 2.42. The van der Waals surface area contributed by atoms with Gasteiger partial charge in [-0.1, -0.05) is 0 Å². The molecule has 2 fully saturated rings. The van der Waals surface area contributed by atoms with Crippen molar-refractivity contribution < 1.29 is 0 Å². The minimum atomic E-state index is 0.623. The molecule has 0 aromatic carbocycles. The fourth-order valence-electron chi connectivity index (χ4n) is 1.67. The predicted molar refractivity (Wildman–Crippen MR) is 59.0 cm³/mol. The molecule has 64 valence electrons. The maximum Gasteiger partial charge on any atom is 0.0354 e. The second-order valence-electron chi connectivity index (χ2n) is 3.82. The smallest absolute Gasteiger partial charge is 0.0354 e. The van der Waals surface area contributed by atoms with Gasteiger partial charge in [0.2, 0.25) is 0 Å². The molecule has 0 aromatic heterocycles. The van der Waals surface area contributed by atoms with Crippen molar-refractivity contribution in [3.63, 3.8) is 0 Å². The first kappa shape index (κ1) is 8.64. The van der Waals surface area contributed by atoms with Crippen molar-refractivity contribution in [1.29, 1.82) is 0 Å². The van der Waals surface area contributed by atoms with Crippen LogP contribution in [0, 0.1) is 0 Å². The van der Waals surface area contributed by atoms with Crippen LogP contribution in [-0.2, 0) is 0 Å². The normalized spacial score (nSPS) is 50.5. The second kappa shape index (κ2) is 2.52. The van der Waals surface area contributed by atoms with Crippen molar-refractivity contribution in [1.82, 2.24) is 0 Å². The Morgan fingerprint density at radius 2 is 1.55 bits per heavy atom. The lowest BCUT2D eigenvalue weighted by Gasteiger charge is -2.25. The van der Waals surface area contributed by atoms with Crippen molar-refractivity contribution >= 4 is 35.3 Å². The Bertz CT molecular complexity index is 152. The molecule has 0 nitrogen and oxygen atoms in total. The van der Waals surface area contributed by atoms with E-state index in [4.69, 9.17) is 0 Å². The summed E-state index contributed by atoms with van der Waals surface area (Å²) in [7, 11) is 0. The highest BCUT2D eigenvalue weighted by Crippen LogP contribution is 2.62. The molecule has 0 aliphatic carbocycles. The average molecular weight is 206 g/mol. The monoisotopic (exact) mass is 206 g/mol. The van der Waals surface area contributed by atoms with E-state index in [9.17, 15) is 0 Å². The Labute approximate surface area is 81.7 Å². The van der Waals surface area contributed by atoms with E-state index in [0.717, 1.165) is 5.25 Å². The third-order valence-corrected chi connectivity index (χ3v) is 7.22. The molecule has 2 aliphatic heterocycles. The van der Waals surface area contributed by atoms with Gasteiger partial charge in [0.05, 0.1) is 0 Å². The van der Waals surface area contributed by atoms with Crippen molar-refractivity contribution in [2.45, 2.75) is 28.6 Å². The molecule has 3 heteroatoms. The summed E-state index contributed by atoms with van der Waals surface area (Å²) in [5.41, 5.74) is 0. The summed E-state index contributed by atoms with van der Waals surface area (Å²) in [6, 6.07) is 0. The summed E-state index contributed by atoms with van der Waals surface area (Å²) in [6.45, 7) is 4.84. The summed E-state index contributed by atoms with van der Waals surface area (Å²) in [5, 5.41) is 0.880. The Morgan fingerprint density at radius 3 is 1.73 bits per heavy atom. The zero-order chi connectivity index (χ0) is 8.11. The Kier molecular flexibility index (Phi) is 1.98. The van der Waals surface area contributed by atoms with Gasteiger partial charge in [-0.15, -0.1) is 0 Å². The lowest BCUT2D eigenvalue weighted by Crippen LogP contribution is -2.34. The van der Waals surface area contributed by atoms with Crippen LogP contribution in [-0.4, -0.2) is 32.5 Å². The number of rotatable bonds is 3. The largest absolute Gasteiger partial charge is 0.159 e. The minimum Gasteiger partial charge on any atom is -0.159 e. The molecule has 11 heavy (non-hydrogen) atoms. The molecular formula is C8H14S3. The van der Waals surface area contributed by atoms with E-state index in [0.29, 0.717) is 9.49 Å². The first-order valence-electron chi connectivity index (χ1n) is 3.91. The molecule has 2 heterocycles. The van der Waals surface area contributed by atoms with Gasteiger partial charge >= 0.3 is 0 Å². The van der Waals surface area contributed by atoms with E-state index in [-0.39, 0.29) is 0 Å². The zero-order valence-electron chi connectivity index (χ0n) is 7.22. The predicted octanol–water partition coefficient (Wildman–Crippen LogP) is 2.73. The van der Waals surface area contributed by atoms with Crippen molar-refractivity contribution in [2.24, 2.45) is 0 Å². The van der Waals surface area contributed by atoms with Gasteiger partial charge in [0.15, 0.2) is 0 Å². The van der Waals surface area contributed by atoms with Crippen LogP contribution in [0.5, 0.6) is 0 Å². The topological polar surface area (TPSA) is 0 Å². The maximum atomic E-state index is 2.42. The molecule has 2 unspecified atom stereocenters. The summed E-state index contributed by atoms with van der Waals surface area (Å²) in [6.07, 6.45) is 2.26.